The fourth-order valence-corrected chi connectivity index (χ4v) is 4.25. The highest BCUT2D eigenvalue weighted by Gasteiger charge is 2.31. The van der Waals surface area contributed by atoms with E-state index < -0.39 is 0 Å². The molecule has 1 aromatic rings. The molecule has 0 bridgehead atoms. The molecule has 3 rings (SSSR count). The van der Waals surface area contributed by atoms with Crippen molar-refractivity contribution in [3.63, 3.8) is 0 Å². The molecule has 1 unspecified atom stereocenters. The molecular formula is C19H34ClN5O. The maximum absolute atomic E-state index is 13.0. The van der Waals surface area contributed by atoms with E-state index >= 15 is 0 Å². The van der Waals surface area contributed by atoms with Gasteiger partial charge in [0.05, 0.1) is 11.7 Å². The third kappa shape index (κ3) is 4.58. The van der Waals surface area contributed by atoms with Crippen molar-refractivity contribution in [2.45, 2.75) is 65.8 Å². The van der Waals surface area contributed by atoms with Crippen molar-refractivity contribution < 1.29 is 4.79 Å². The van der Waals surface area contributed by atoms with Gasteiger partial charge < -0.3 is 10.2 Å². The summed E-state index contributed by atoms with van der Waals surface area (Å²) in [5.74, 6) is 0.740. The second-order valence-corrected chi connectivity index (χ2v) is 8.74. The van der Waals surface area contributed by atoms with Gasteiger partial charge in [0.1, 0.15) is 0 Å². The van der Waals surface area contributed by atoms with Crippen LogP contribution < -0.4 is 5.32 Å². The van der Waals surface area contributed by atoms with Crippen LogP contribution in [0.3, 0.4) is 0 Å². The standard InChI is InChI=1S/C19H33N5O.ClH/c1-14-17(21-22-24(14)16-7-10-20-11-8-16)18(25)23-12-5-6-15(9-13-23)19(2,3)4;/h15-16,20H,5-13H2,1-4H3;1H. The zero-order valence-corrected chi connectivity index (χ0v) is 17.4. The van der Waals surface area contributed by atoms with Crippen molar-refractivity contribution in [1.29, 1.82) is 0 Å². The molecule has 1 aromatic heterocycles. The zero-order chi connectivity index (χ0) is 18.0. The summed E-state index contributed by atoms with van der Waals surface area (Å²) < 4.78 is 1.98. The summed E-state index contributed by atoms with van der Waals surface area (Å²) in [6.45, 7) is 12.6. The fraction of sp³-hybridized carbons (Fsp3) is 0.842. The highest BCUT2D eigenvalue weighted by Crippen LogP contribution is 2.34. The van der Waals surface area contributed by atoms with E-state index in [1.165, 1.54) is 6.42 Å². The van der Waals surface area contributed by atoms with Gasteiger partial charge in [-0.1, -0.05) is 26.0 Å². The molecule has 2 fully saturated rings. The summed E-state index contributed by atoms with van der Waals surface area (Å²) in [6.07, 6.45) is 5.46. The average molecular weight is 384 g/mol. The Bertz CT molecular complexity index is 604. The van der Waals surface area contributed by atoms with Crippen molar-refractivity contribution in [3.8, 4) is 0 Å². The first-order valence-electron chi connectivity index (χ1n) is 9.79. The average Bonchev–Trinajstić information content (AvgIpc) is 2.80. The Labute approximate surface area is 163 Å². The predicted molar refractivity (Wildman–Crippen MR) is 106 cm³/mol. The molecule has 0 aromatic carbocycles. The number of carbonyl (C=O) groups excluding carboxylic acids is 1. The SMILES string of the molecule is Cc1c(C(=O)N2CCCC(C(C)(C)C)CC2)nnn1C1CCNCC1.Cl. The van der Waals surface area contributed by atoms with E-state index in [0.717, 1.165) is 57.6 Å². The van der Waals surface area contributed by atoms with Gasteiger partial charge in [0, 0.05) is 13.1 Å². The second kappa shape index (κ2) is 8.70. The summed E-state index contributed by atoms with van der Waals surface area (Å²) in [4.78, 5) is 15.0. The Morgan fingerprint density at radius 1 is 1.12 bits per heavy atom. The third-order valence-corrected chi connectivity index (χ3v) is 6.02. The van der Waals surface area contributed by atoms with Crippen molar-refractivity contribution in [2.24, 2.45) is 11.3 Å². The van der Waals surface area contributed by atoms with Gasteiger partial charge in [0.15, 0.2) is 5.69 Å². The first kappa shape index (κ1) is 21.2. The minimum absolute atomic E-state index is 0. The van der Waals surface area contributed by atoms with E-state index in [4.69, 9.17) is 0 Å². The smallest absolute Gasteiger partial charge is 0.276 e. The van der Waals surface area contributed by atoms with Gasteiger partial charge in [0.2, 0.25) is 0 Å². The lowest BCUT2D eigenvalue weighted by molar-refractivity contribution is 0.0748. The summed E-state index contributed by atoms with van der Waals surface area (Å²) in [5, 5.41) is 12.0. The van der Waals surface area contributed by atoms with Crippen LogP contribution in [0.1, 0.15) is 75.1 Å². The van der Waals surface area contributed by atoms with Gasteiger partial charge in [-0.15, -0.1) is 17.5 Å². The summed E-state index contributed by atoms with van der Waals surface area (Å²) in [5.41, 5.74) is 1.79. The number of hydrogen-bond acceptors (Lipinski definition) is 4. The van der Waals surface area contributed by atoms with Gasteiger partial charge >= 0.3 is 0 Å². The van der Waals surface area contributed by atoms with E-state index in [9.17, 15) is 4.79 Å². The van der Waals surface area contributed by atoms with Crippen LogP contribution in [0.2, 0.25) is 0 Å². The van der Waals surface area contributed by atoms with Crippen molar-refractivity contribution in [3.05, 3.63) is 11.4 Å². The minimum Gasteiger partial charge on any atom is -0.337 e. The van der Waals surface area contributed by atoms with Crippen LogP contribution in [0.15, 0.2) is 0 Å². The van der Waals surface area contributed by atoms with Crippen LogP contribution in [-0.2, 0) is 0 Å². The van der Waals surface area contributed by atoms with Gasteiger partial charge in [-0.3, -0.25) is 4.79 Å². The van der Waals surface area contributed by atoms with Crippen molar-refractivity contribution in [1.82, 2.24) is 25.2 Å². The van der Waals surface area contributed by atoms with Crippen LogP contribution in [0.4, 0.5) is 0 Å². The van der Waals surface area contributed by atoms with Gasteiger partial charge in [0.25, 0.3) is 5.91 Å². The van der Waals surface area contributed by atoms with Crippen LogP contribution in [0, 0.1) is 18.3 Å². The number of hydrogen-bond donors (Lipinski definition) is 1. The minimum atomic E-state index is 0. The lowest BCUT2D eigenvalue weighted by Gasteiger charge is -2.29. The Morgan fingerprint density at radius 3 is 2.46 bits per heavy atom. The van der Waals surface area contributed by atoms with E-state index in [0.29, 0.717) is 23.1 Å². The molecule has 26 heavy (non-hydrogen) atoms. The van der Waals surface area contributed by atoms with E-state index in [-0.39, 0.29) is 18.3 Å². The molecule has 0 saturated carbocycles. The number of aromatic nitrogens is 3. The highest BCUT2D eigenvalue weighted by molar-refractivity contribution is 5.93. The Hall–Kier alpha value is -1.14. The van der Waals surface area contributed by atoms with E-state index in [1.807, 2.05) is 16.5 Å². The summed E-state index contributed by atoms with van der Waals surface area (Å²) in [6, 6.07) is 0.365. The topological polar surface area (TPSA) is 63.1 Å². The van der Waals surface area contributed by atoms with Crippen molar-refractivity contribution in [2.75, 3.05) is 26.2 Å². The second-order valence-electron chi connectivity index (χ2n) is 8.74. The third-order valence-electron chi connectivity index (χ3n) is 6.02. The number of piperidine rings is 1. The molecule has 1 N–H and O–H groups in total. The van der Waals surface area contributed by atoms with E-state index in [1.54, 1.807) is 0 Å². The van der Waals surface area contributed by atoms with Crippen molar-refractivity contribution >= 4 is 18.3 Å². The number of nitrogens with zero attached hydrogens (tertiary/aromatic N) is 4. The number of nitrogens with one attached hydrogen (secondary N) is 1. The molecule has 1 atom stereocenters. The molecule has 7 heteroatoms. The number of carbonyl (C=O) groups is 1. The molecule has 1 amide bonds. The monoisotopic (exact) mass is 383 g/mol. The largest absolute Gasteiger partial charge is 0.337 e. The highest BCUT2D eigenvalue weighted by atomic mass is 35.5. The Balaban J connectivity index is 0.00000243. The van der Waals surface area contributed by atoms with Crippen LogP contribution in [0.25, 0.3) is 0 Å². The molecule has 2 aliphatic heterocycles. The molecule has 6 nitrogen and oxygen atoms in total. The molecule has 2 saturated heterocycles. The Kier molecular flexibility index (Phi) is 7.08. The molecule has 0 spiro atoms. The first-order chi connectivity index (χ1) is 11.9. The molecular weight excluding hydrogens is 350 g/mol. The zero-order valence-electron chi connectivity index (χ0n) is 16.6. The lowest BCUT2D eigenvalue weighted by atomic mass is 9.77. The summed E-state index contributed by atoms with van der Waals surface area (Å²) >= 11 is 0. The van der Waals surface area contributed by atoms with Gasteiger partial charge in [-0.2, -0.15) is 0 Å². The van der Waals surface area contributed by atoms with Gasteiger partial charge in [-0.05, 0) is 63.5 Å². The number of halogens is 1. The summed E-state index contributed by atoms with van der Waals surface area (Å²) in [7, 11) is 0. The molecule has 0 aliphatic carbocycles. The van der Waals surface area contributed by atoms with Crippen LogP contribution in [-0.4, -0.2) is 52.0 Å². The van der Waals surface area contributed by atoms with Gasteiger partial charge in [-0.25, -0.2) is 4.68 Å². The first-order valence-corrected chi connectivity index (χ1v) is 9.79. The van der Waals surface area contributed by atoms with Crippen LogP contribution in [0.5, 0.6) is 0 Å². The quantitative estimate of drug-likeness (QED) is 0.851. The maximum atomic E-state index is 13.0. The van der Waals surface area contributed by atoms with Crippen LogP contribution >= 0.6 is 12.4 Å². The molecule has 148 valence electrons. The number of rotatable bonds is 2. The van der Waals surface area contributed by atoms with E-state index in [2.05, 4.69) is 36.4 Å². The molecule has 3 heterocycles. The molecule has 0 radical (unpaired) electrons. The normalized spacial score (nSPS) is 22.6. The lowest BCUT2D eigenvalue weighted by Crippen LogP contribution is -2.33. The Morgan fingerprint density at radius 2 is 1.81 bits per heavy atom. The number of amides is 1. The number of likely N-dealkylation sites (tertiary alicyclic amines) is 1. The predicted octanol–water partition coefficient (Wildman–Crippen LogP) is 3.22. The molecule has 2 aliphatic rings. The fourth-order valence-electron chi connectivity index (χ4n) is 4.25. The maximum Gasteiger partial charge on any atom is 0.276 e.